The molecule has 1 heterocycles. The third-order valence-electron chi connectivity index (χ3n) is 5.98. The molecular formula is C16H27NO2. The van der Waals surface area contributed by atoms with Gasteiger partial charge in [0.2, 0.25) is 0 Å². The van der Waals surface area contributed by atoms with E-state index in [9.17, 15) is 9.90 Å². The van der Waals surface area contributed by atoms with E-state index in [0.29, 0.717) is 17.9 Å². The minimum Gasteiger partial charge on any atom is -0.480 e. The van der Waals surface area contributed by atoms with Gasteiger partial charge in [0.25, 0.3) is 0 Å². The van der Waals surface area contributed by atoms with Crippen LogP contribution in [0, 0.1) is 17.8 Å². The molecule has 0 spiro atoms. The summed E-state index contributed by atoms with van der Waals surface area (Å²) in [7, 11) is 0. The Balaban J connectivity index is 1.74. The molecule has 5 unspecified atom stereocenters. The lowest BCUT2D eigenvalue weighted by atomic mass is 9.83. The van der Waals surface area contributed by atoms with Crippen molar-refractivity contribution >= 4 is 5.97 Å². The van der Waals surface area contributed by atoms with Crippen molar-refractivity contribution in [2.45, 2.75) is 70.4 Å². The summed E-state index contributed by atoms with van der Waals surface area (Å²) in [6, 6.07) is 0.374. The molecule has 3 nitrogen and oxygen atoms in total. The normalized spacial score (nSPS) is 43.3. The van der Waals surface area contributed by atoms with E-state index < -0.39 is 5.97 Å². The van der Waals surface area contributed by atoms with E-state index in [1.54, 1.807) is 0 Å². The minimum absolute atomic E-state index is 0.173. The van der Waals surface area contributed by atoms with E-state index in [2.05, 4.69) is 11.8 Å². The van der Waals surface area contributed by atoms with Crippen LogP contribution in [0.2, 0.25) is 0 Å². The highest BCUT2D eigenvalue weighted by atomic mass is 16.4. The molecule has 2 saturated carbocycles. The van der Waals surface area contributed by atoms with E-state index in [0.717, 1.165) is 18.9 Å². The smallest absolute Gasteiger partial charge is 0.321 e. The Kier molecular flexibility index (Phi) is 3.84. The molecule has 0 bridgehead atoms. The largest absolute Gasteiger partial charge is 0.480 e. The number of hydrogen-bond donors (Lipinski definition) is 1. The molecule has 0 aromatic heterocycles. The van der Waals surface area contributed by atoms with Gasteiger partial charge in [-0.2, -0.15) is 0 Å². The zero-order valence-electron chi connectivity index (χ0n) is 12.1. The molecule has 3 aliphatic rings. The summed E-state index contributed by atoms with van der Waals surface area (Å²) in [5.41, 5.74) is 0. The first-order valence-corrected chi connectivity index (χ1v) is 8.19. The van der Waals surface area contributed by atoms with E-state index >= 15 is 0 Å². The summed E-state index contributed by atoms with van der Waals surface area (Å²) in [5, 5.41) is 9.64. The Bertz CT molecular complexity index is 344. The van der Waals surface area contributed by atoms with Crippen molar-refractivity contribution in [1.82, 2.24) is 4.90 Å². The standard InChI is InChI=1S/C16H27NO2/c1-2-11-5-3-7-13(9-11)17-10-12-6-4-8-14(12)15(17)16(18)19/h11-15H,2-10H2,1H3,(H,18,19). The van der Waals surface area contributed by atoms with Gasteiger partial charge in [-0.1, -0.05) is 32.6 Å². The van der Waals surface area contributed by atoms with Crippen LogP contribution in [0.5, 0.6) is 0 Å². The third kappa shape index (κ3) is 2.42. The summed E-state index contributed by atoms with van der Waals surface area (Å²) < 4.78 is 0. The number of nitrogens with zero attached hydrogens (tertiary/aromatic N) is 1. The van der Waals surface area contributed by atoms with Crippen molar-refractivity contribution in [3.8, 4) is 0 Å². The maximum Gasteiger partial charge on any atom is 0.321 e. The molecular weight excluding hydrogens is 238 g/mol. The molecule has 0 radical (unpaired) electrons. The Labute approximate surface area is 116 Å². The lowest BCUT2D eigenvalue weighted by Crippen LogP contribution is -2.47. The summed E-state index contributed by atoms with van der Waals surface area (Å²) in [6.45, 7) is 3.34. The highest BCUT2D eigenvalue weighted by Gasteiger charge is 2.49. The Hall–Kier alpha value is -0.570. The average molecular weight is 265 g/mol. The Morgan fingerprint density at radius 2 is 2.00 bits per heavy atom. The summed E-state index contributed by atoms with van der Waals surface area (Å²) in [5.74, 6) is 1.38. The number of fused-ring (bicyclic) bond motifs is 1. The topological polar surface area (TPSA) is 40.5 Å². The van der Waals surface area contributed by atoms with Gasteiger partial charge >= 0.3 is 5.97 Å². The van der Waals surface area contributed by atoms with Crippen LogP contribution < -0.4 is 0 Å². The Morgan fingerprint density at radius 1 is 1.21 bits per heavy atom. The van der Waals surface area contributed by atoms with Crippen LogP contribution >= 0.6 is 0 Å². The molecule has 1 saturated heterocycles. The van der Waals surface area contributed by atoms with Gasteiger partial charge in [0.1, 0.15) is 6.04 Å². The maximum absolute atomic E-state index is 11.7. The second kappa shape index (κ2) is 5.43. The number of carboxylic acids is 1. The first-order chi connectivity index (χ1) is 9.20. The van der Waals surface area contributed by atoms with Gasteiger partial charge in [0.15, 0.2) is 0 Å². The lowest BCUT2D eigenvalue weighted by Gasteiger charge is -2.38. The van der Waals surface area contributed by atoms with Crippen molar-refractivity contribution in [2.24, 2.45) is 17.8 Å². The van der Waals surface area contributed by atoms with E-state index in [1.165, 1.54) is 44.9 Å². The Morgan fingerprint density at radius 3 is 2.74 bits per heavy atom. The van der Waals surface area contributed by atoms with Gasteiger partial charge in [-0.3, -0.25) is 9.69 Å². The van der Waals surface area contributed by atoms with Crippen molar-refractivity contribution in [1.29, 1.82) is 0 Å². The van der Waals surface area contributed by atoms with Gasteiger partial charge in [0, 0.05) is 12.6 Å². The van der Waals surface area contributed by atoms with Crippen LogP contribution in [-0.2, 0) is 4.79 Å². The molecule has 1 N–H and O–H groups in total. The zero-order chi connectivity index (χ0) is 13.4. The van der Waals surface area contributed by atoms with Crippen molar-refractivity contribution < 1.29 is 9.90 Å². The minimum atomic E-state index is -0.562. The number of rotatable bonds is 3. The molecule has 3 rings (SSSR count). The second-order valence-corrected chi connectivity index (χ2v) is 6.93. The fourth-order valence-electron chi connectivity index (χ4n) is 4.97. The summed E-state index contributed by atoms with van der Waals surface area (Å²) >= 11 is 0. The summed E-state index contributed by atoms with van der Waals surface area (Å²) in [4.78, 5) is 14.1. The number of aliphatic carboxylic acids is 1. The van der Waals surface area contributed by atoms with Crippen molar-refractivity contribution in [2.75, 3.05) is 6.54 Å². The van der Waals surface area contributed by atoms with Gasteiger partial charge in [-0.25, -0.2) is 0 Å². The fourth-order valence-corrected chi connectivity index (χ4v) is 4.97. The van der Waals surface area contributed by atoms with Gasteiger partial charge in [-0.15, -0.1) is 0 Å². The predicted molar refractivity (Wildman–Crippen MR) is 75.0 cm³/mol. The highest BCUT2D eigenvalue weighted by Crippen LogP contribution is 2.45. The van der Waals surface area contributed by atoms with Crippen molar-refractivity contribution in [3.05, 3.63) is 0 Å². The molecule has 108 valence electrons. The zero-order valence-corrected chi connectivity index (χ0v) is 12.1. The van der Waals surface area contributed by atoms with Crippen LogP contribution in [-0.4, -0.2) is 34.6 Å². The number of carbonyl (C=O) groups is 1. The van der Waals surface area contributed by atoms with E-state index in [4.69, 9.17) is 0 Å². The fraction of sp³-hybridized carbons (Fsp3) is 0.938. The number of carboxylic acid groups (broad SMARTS) is 1. The first kappa shape index (κ1) is 13.4. The van der Waals surface area contributed by atoms with Crippen LogP contribution in [0.15, 0.2) is 0 Å². The highest BCUT2D eigenvalue weighted by molar-refractivity contribution is 5.74. The van der Waals surface area contributed by atoms with E-state index in [-0.39, 0.29) is 6.04 Å². The quantitative estimate of drug-likeness (QED) is 0.852. The number of hydrogen-bond acceptors (Lipinski definition) is 2. The predicted octanol–water partition coefficient (Wildman–Crippen LogP) is 3.14. The maximum atomic E-state index is 11.7. The lowest BCUT2D eigenvalue weighted by molar-refractivity contribution is -0.144. The van der Waals surface area contributed by atoms with E-state index in [1.807, 2.05) is 0 Å². The molecule has 0 amide bonds. The van der Waals surface area contributed by atoms with Gasteiger partial charge in [0.05, 0.1) is 0 Å². The molecule has 3 heteroatoms. The second-order valence-electron chi connectivity index (χ2n) is 6.93. The van der Waals surface area contributed by atoms with Crippen LogP contribution in [0.3, 0.4) is 0 Å². The first-order valence-electron chi connectivity index (χ1n) is 8.19. The monoisotopic (exact) mass is 265 g/mol. The van der Waals surface area contributed by atoms with Gasteiger partial charge < -0.3 is 5.11 Å². The van der Waals surface area contributed by atoms with Gasteiger partial charge in [-0.05, 0) is 43.4 Å². The average Bonchev–Trinajstić information content (AvgIpc) is 2.98. The molecule has 3 fully saturated rings. The van der Waals surface area contributed by atoms with Crippen LogP contribution in [0.4, 0.5) is 0 Å². The SMILES string of the molecule is CCC1CCCC(N2CC3CCCC3C2C(=O)O)C1. The molecule has 0 aromatic carbocycles. The molecule has 1 aliphatic heterocycles. The molecule has 19 heavy (non-hydrogen) atoms. The van der Waals surface area contributed by atoms with Crippen LogP contribution in [0.1, 0.15) is 58.3 Å². The summed E-state index contributed by atoms with van der Waals surface area (Å²) in [6.07, 6.45) is 10.0. The molecule has 2 aliphatic carbocycles. The molecule has 0 aromatic rings. The van der Waals surface area contributed by atoms with Crippen molar-refractivity contribution in [3.63, 3.8) is 0 Å². The third-order valence-corrected chi connectivity index (χ3v) is 5.98. The molecule has 5 atom stereocenters. The number of likely N-dealkylation sites (tertiary alicyclic amines) is 1. The van der Waals surface area contributed by atoms with Crippen LogP contribution in [0.25, 0.3) is 0 Å².